The molecule has 0 aliphatic heterocycles. The smallest absolute Gasteiger partial charge is 0.269 e. The van der Waals surface area contributed by atoms with E-state index in [2.05, 4.69) is 37.8 Å². The van der Waals surface area contributed by atoms with Gasteiger partial charge in [0, 0.05) is 25.2 Å². The van der Waals surface area contributed by atoms with Crippen molar-refractivity contribution >= 4 is 5.69 Å². The number of non-ortho nitro benzene ring substituents is 1. The fraction of sp³-hybridized carbons (Fsp3) is 0.524. The largest absolute Gasteiger partial charge is 0.396 e. The van der Waals surface area contributed by atoms with Crippen LogP contribution in [0, 0.1) is 33.3 Å². The van der Waals surface area contributed by atoms with Crippen molar-refractivity contribution in [2.75, 3.05) is 6.61 Å². The van der Waals surface area contributed by atoms with Gasteiger partial charge in [-0.3, -0.25) is 10.1 Å². The Morgan fingerprint density at radius 1 is 1.31 bits per heavy atom. The van der Waals surface area contributed by atoms with E-state index in [1.165, 1.54) is 12.1 Å². The van der Waals surface area contributed by atoms with Gasteiger partial charge < -0.3 is 9.84 Å². The Morgan fingerprint density at radius 2 is 2.04 bits per heavy atom. The highest BCUT2D eigenvalue weighted by Crippen LogP contribution is 2.24. The third-order valence-corrected chi connectivity index (χ3v) is 4.54. The van der Waals surface area contributed by atoms with Gasteiger partial charge in [-0.15, -0.1) is 0 Å². The van der Waals surface area contributed by atoms with Crippen LogP contribution in [-0.2, 0) is 11.3 Å². The predicted octanol–water partition coefficient (Wildman–Crippen LogP) is 4.25. The van der Waals surface area contributed by atoms with E-state index in [9.17, 15) is 15.2 Å². The number of hydrogen-bond acceptors (Lipinski definition) is 4. The number of benzene rings is 1. The van der Waals surface area contributed by atoms with Crippen molar-refractivity contribution < 1.29 is 14.8 Å². The Balaban J connectivity index is 2.02. The highest BCUT2D eigenvalue weighted by atomic mass is 16.6. The molecule has 2 atom stereocenters. The molecule has 1 N–H and O–H groups in total. The lowest BCUT2D eigenvalue weighted by Gasteiger charge is -2.17. The molecule has 2 unspecified atom stereocenters. The highest BCUT2D eigenvalue weighted by Gasteiger charge is 2.16. The van der Waals surface area contributed by atoms with E-state index in [1.54, 1.807) is 12.1 Å². The molecule has 0 saturated carbocycles. The van der Waals surface area contributed by atoms with Gasteiger partial charge in [-0.1, -0.05) is 37.8 Å². The van der Waals surface area contributed by atoms with Crippen molar-refractivity contribution in [3.63, 3.8) is 0 Å². The molecule has 5 heteroatoms. The first-order chi connectivity index (χ1) is 12.4. The molecule has 0 saturated heterocycles. The second-order valence-electron chi connectivity index (χ2n) is 7.47. The average Bonchev–Trinajstić information content (AvgIpc) is 2.64. The molecular formula is C21H27NO4. The van der Waals surface area contributed by atoms with Gasteiger partial charge in [0.2, 0.25) is 0 Å². The van der Waals surface area contributed by atoms with Gasteiger partial charge in [-0.05, 0) is 48.3 Å². The van der Waals surface area contributed by atoms with Crippen LogP contribution in [0.5, 0.6) is 0 Å². The molecular weight excluding hydrogens is 330 g/mol. The molecule has 2 rings (SSSR count). The van der Waals surface area contributed by atoms with E-state index in [0.717, 1.165) is 31.2 Å². The summed E-state index contributed by atoms with van der Waals surface area (Å²) in [7, 11) is 0. The standard InChI is InChI=1S/C21H27NO4/c1-21(2)13-3-5-17(15-23)9-12-20(6-4-14-21)26-16-18-7-10-19(11-8-18)22(24)25/h3,7-8,10-11,13,17,20,23H,5,9,12,14-16H2,1-2H3/b13-3-. The molecule has 5 nitrogen and oxygen atoms in total. The van der Waals surface area contributed by atoms with E-state index >= 15 is 0 Å². The number of ether oxygens (including phenoxy) is 1. The maximum Gasteiger partial charge on any atom is 0.269 e. The van der Waals surface area contributed by atoms with Crippen LogP contribution >= 0.6 is 0 Å². The summed E-state index contributed by atoms with van der Waals surface area (Å²) in [5.74, 6) is 6.67. The quantitative estimate of drug-likeness (QED) is 0.370. The maximum absolute atomic E-state index is 10.7. The molecule has 26 heavy (non-hydrogen) atoms. The second-order valence-corrected chi connectivity index (χ2v) is 7.47. The lowest BCUT2D eigenvalue weighted by atomic mass is 9.88. The van der Waals surface area contributed by atoms with Crippen molar-refractivity contribution in [3.05, 3.63) is 52.1 Å². The molecule has 0 bridgehead atoms. The van der Waals surface area contributed by atoms with Crippen molar-refractivity contribution in [2.45, 2.75) is 52.2 Å². The van der Waals surface area contributed by atoms with Crippen LogP contribution in [0.3, 0.4) is 0 Å². The van der Waals surface area contributed by atoms with E-state index < -0.39 is 4.92 Å². The van der Waals surface area contributed by atoms with Gasteiger partial charge in [-0.2, -0.15) is 0 Å². The molecule has 0 spiro atoms. The minimum absolute atomic E-state index is 0.000259. The Morgan fingerprint density at radius 3 is 2.69 bits per heavy atom. The fourth-order valence-corrected chi connectivity index (χ4v) is 2.81. The monoisotopic (exact) mass is 357 g/mol. The van der Waals surface area contributed by atoms with Crippen molar-refractivity contribution in [1.29, 1.82) is 0 Å². The van der Waals surface area contributed by atoms with E-state index in [0.29, 0.717) is 6.61 Å². The first-order valence-corrected chi connectivity index (χ1v) is 9.01. The lowest BCUT2D eigenvalue weighted by Crippen LogP contribution is -2.14. The summed E-state index contributed by atoms with van der Waals surface area (Å²) in [6.07, 6.45) is 7.36. The van der Waals surface area contributed by atoms with E-state index in [4.69, 9.17) is 4.74 Å². The van der Waals surface area contributed by atoms with Gasteiger partial charge in [-0.25, -0.2) is 0 Å². The first kappa shape index (κ1) is 20.2. The van der Waals surface area contributed by atoms with E-state index in [-0.39, 0.29) is 29.7 Å². The SMILES string of the molecule is CC1(C)/C=C\CC(CO)CCC(OCc2ccc([N+](=O)[O-])cc2)C#CC1. The van der Waals surface area contributed by atoms with E-state index in [1.807, 2.05) is 0 Å². The zero-order chi connectivity index (χ0) is 19.0. The van der Waals surface area contributed by atoms with Gasteiger partial charge >= 0.3 is 0 Å². The third-order valence-electron chi connectivity index (χ3n) is 4.54. The number of rotatable bonds is 5. The molecule has 140 valence electrons. The summed E-state index contributed by atoms with van der Waals surface area (Å²) in [4.78, 5) is 10.3. The van der Waals surface area contributed by atoms with Crippen LogP contribution in [0.4, 0.5) is 5.69 Å². The molecule has 1 aliphatic carbocycles. The summed E-state index contributed by atoms with van der Waals surface area (Å²) in [6.45, 7) is 4.82. The molecule has 0 heterocycles. The Labute approximate surface area is 155 Å². The molecule has 0 fully saturated rings. The summed E-state index contributed by atoms with van der Waals surface area (Å²) in [5, 5.41) is 20.3. The van der Waals surface area contributed by atoms with Crippen molar-refractivity contribution in [1.82, 2.24) is 0 Å². The summed E-state index contributed by atoms with van der Waals surface area (Å²) in [5.41, 5.74) is 0.955. The number of hydrogen-bond donors (Lipinski definition) is 1. The van der Waals surface area contributed by atoms with Crippen LogP contribution in [0.1, 0.15) is 45.1 Å². The minimum Gasteiger partial charge on any atom is -0.396 e. The molecule has 0 aromatic heterocycles. The first-order valence-electron chi connectivity index (χ1n) is 9.01. The number of aliphatic hydroxyl groups is 1. The second kappa shape index (κ2) is 9.51. The number of nitro benzene ring substituents is 1. The molecule has 0 amide bonds. The molecule has 1 aromatic rings. The van der Waals surface area contributed by atoms with Gasteiger partial charge in [0.15, 0.2) is 0 Å². The zero-order valence-electron chi connectivity index (χ0n) is 15.5. The van der Waals surface area contributed by atoms with Gasteiger partial charge in [0.1, 0.15) is 6.10 Å². The number of aliphatic hydroxyl groups excluding tert-OH is 1. The Hall–Kier alpha value is -2.16. The predicted molar refractivity (Wildman–Crippen MR) is 101 cm³/mol. The average molecular weight is 357 g/mol. The third kappa shape index (κ3) is 6.62. The van der Waals surface area contributed by atoms with Crippen LogP contribution in [0.2, 0.25) is 0 Å². The summed E-state index contributed by atoms with van der Waals surface area (Å²) in [6, 6.07) is 6.39. The van der Waals surface area contributed by atoms with Crippen LogP contribution in [0.15, 0.2) is 36.4 Å². The Bertz CT molecular complexity index is 682. The minimum atomic E-state index is -0.412. The normalized spacial score (nSPS) is 24.0. The van der Waals surface area contributed by atoms with Crippen LogP contribution < -0.4 is 0 Å². The van der Waals surface area contributed by atoms with Crippen molar-refractivity contribution in [2.24, 2.45) is 11.3 Å². The van der Waals surface area contributed by atoms with Gasteiger partial charge in [0.25, 0.3) is 5.69 Å². The van der Waals surface area contributed by atoms with Crippen molar-refractivity contribution in [3.8, 4) is 11.8 Å². The maximum atomic E-state index is 10.7. The Kier molecular flexibility index (Phi) is 7.38. The fourth-order valence-electron chi connectivity index (χ4n) is 2.81. The summed E-state index contributed by atoms with van der Waals surface area (Å²) < 4.78 is 5.96. The van der Waals surface area contributed by atoms with Gasteiger partial charge in [0.05, 0.1) is 11.5 Å². The molecule has 1 aromatic carbocycles. The van der Waals surface area contributed by atoms with Crippen LogP contribution in [-0.4, -0.2) is 22.7 Å². The summed E-state index contributed by atoms with van der Waals surface area (Å²) >= 11 is 0. The lowest BCUT2D eigenvalue weighted by molar-refractivity contribution is -0.384. The molecule has 1 aliphatic rings. The molecule has 0 radical (unpaired) electrons. The zero-order valence-corrected chi connectivity index (χ0v) is 15.5. The van der Waals surface area contributed by atoms with Crippen LogP contribution in [0.25, 0.3) is 0 Å². The number of allylic oxidation sites excluding steroid dienone is 2. The topological polar surface area (TPSA) is 72.6 Å². The highest BCUT2D eigenvalue weighted by molar-refractivity contribution is 5.32. The number of nitrogens with zero attached hydrogens (tertiary/aromatic N) is 1. The number of nitro groups is 1.